The molecule has 0 atom stereocenters. The topological polar surface area (TPSA) is 127 Å². The van der Waals surface area contributed by atoms with Gasteiger partial charge in [0.2, 0.25) is 0 Å². The molecule has 126 valence electrons. The molecule has 2 N–H and O–H groups in total. The highest BCUT2D eigenvalue weighted by Crippen LogP contribution is 1.90. The lowest BCUT2D eigenvalue weighted by molar-refractivity contribution is -0.159. The normalized spacial score (nSPS) is 8.00. The van der Waals surface area contributed by atoms with E-state index in [9.17, 15) is 9.59 Å². The SMILES string of the molecule is C=C(C)C(=O)OCC.C=C(C)C(=O)OCC.O=C(O)C(=O)O. The Balaban J connectivity index is -0.000000249. The Kier molecular flexibility index (Phi) is 16.4. The largest absolute Gasteiger partial charge is 0.473 e. The van der Waals surface area contributed by atoms with Gasteiger partial charge in [0.1, 0.15) is 0 Å². The van der Waals surface area contributed by atoms with E-state index in [1.807, 2.05) is 0 Å². The molecule has 0 aromatic heterocycles. The molecular weight excluding hydrogens is 296 g/mol. The minimum absolute atomic E-state index is 0.312. The summed E-state index contributed by atoms with van der Waals surface area (Å²) < 4.78 is 9.13. The fraction of sp³-hybridized carbons (Fsp3) is 0.429. The molecule has 0 radical (unpaired) electrons. The van der Waals surface area contributed by atoms with E-state index in [1.165, 1.54) is 0 Å². The van der Waals surface area contributed by atoms with Crippen molar-refractivity contribution in [3.05, 3.63) is 24.3 Å². The number of carboxylic acid groups (broad SMARTS) is 2. The van der Waals surface area contributed by atoms with Crippen molar-refractivity contribution in [2.24, 2.45) is 0 Å². The van der Waals surface area contributed by atoms with Crippen molar-refractivity contribution in [1.29, 1.82) is 0 Å². The average molecular weight is 318 g/mol. The van der Waals surface area contributed by atoms with E-state index in [1.54, 1.807) is 27.7 Å². The Labute approximate surface area is 129 Å². The molecule has 0 bridgehead atoms. The maximum absolute atomic E-state index is 10.4. The molecule has 0 rings (SSSR count). The predicted octanol–water partition coefficient (Wildman–Crippen LogP) is 1.41. The zero-order chi connectivity index (χ0) is 18.3. The Hall–Kier alpha value is -2.64. The van der Waals surface area contributed by atoms with Crippen LogP contribution >= 0.6 is 0 Å². The van der Waals surface area contributed by atoms with Crippen LogP contribution < -0.4 is 0 Å². The first kappa shape index (κ1) is 24.4. The summed E-state index contributed by atoms with van der Waals surface area (Å²) in [4.78, 5) is 39.0. The van der Waals surface area contributed by atoms with Crippen LogP contribution in [0.4, 0.5) is 0 Å². The van der Waals surface area contributed by atoms with Gasteiger partial charge in [-0.15, -0.1) is 0 Å². The van der Waals surface area contributed by atoms with Crippen molar-refractivity contribution in [3.8, 4) is 0 Å². The van der Waals surface area contributed by atoms with Gasteiger partial charge in [0, 0.05) is 11.1 Å². The first-order valence-corrected chi connectivity index (χ1v) is 6.12. The first-order valence-electron chi connectivity index (χ1n) is 6.12. The highest BCUT2D eigenvalue weighted by Gasteiger charge is 2.04. The van der Waals surface area contributed by atoms with E-state index in [4.69, 9.17) is 19.8 Å². The van der Waals surface area contributed by atoms with Gasteiger partial charge >= 0.3 is 23.9 Å². The van der Waals surface area contributed by atoms with Crippen molar-refractivity contribution >= 4 is 23.9 Å². The summed E-state index contributed by atoms with van der Waals surface area (Å²) in [6, 6.07) is 0. The van der Waals surface area contributed by atoms with Crippen LogP contribution in [0.2, 0.25) is 0 Å². The van der Waals surface area contributed by atoms with Crippen molar-refractivity contribution in [2.75, 3.05) is 13.2 Å². The lowest BCUT2D eigenvalue weighted by atomic mass is 10.4. The van der Waals surface area contributed by atoms with Crippen LogP contribution in [0, 0.1) is 0 Å². The highest BCUT2D eigenvalue weighted by molar-refractivity contribution is 6.27. The number of hydrogen-bond acceptors (Lipinski definition) is 6. The number of carbonyl (C=O) groups is 4. The second kappa shape index (κ2) is 14.8. The third-order valence-corrected chi connectivity index (χ3v) is 1.43. The van der Waals surface area contributed by atoms with E-state index < -0.39 is 11.9 Å². The Morgan fingerprint density at radius 3 is 1.05 bits per heavy atom. The van der Waals surface area contributed by atoms with Gasteiger partial charge in [0.05, 0.1) is 13.2 Å². The molecule has 0 fully saturated rings. The third kappa shape index (κ3) is 19.7. The molecule has 22 heavy (non-hydrogen) atoms. The second-order valence-electron chi connectivity index (χ2n) is 3.61. The Morgan fingerprint density at radius 1 is 0.773 bits per heavy atom. The second-order valence-corrected chi connectivity index (χ2v) is 3.61. The smallest absolute Gasteiger partial charge is 0.414 e. The molecule has 0 saturated carbocycles. The lowest BCUT2D eigenvalue weighted by Crippen LogP contribution is -2.09. The van der Waals surface area contributed by atoms with Crippen LogP contribution in [-0.2, 0) is 28.7 Å². The fourth-order valence-corrected chi connectivity index (χ4v) is 0.509. The summed E-state index contributed by atoms with van der Waals surface area (Å²) in [7, 11) is 0. The predicted molar refractivity (Wildman–Crippen MR) is 78.2 cm³/mol. The molecule has 0 aliphatic heterocycles. The van der Waals surface area contributed by atoms with E-state index in [-0.39, 0.29) is 11.9 Å². The molecular formula is C14H22O8. The van der Waals surface area contributed by atoms with Gasteiger partial charge in [-0.1, -0.05) is 13.2 Å². The van der Waals surface area contributed by atoms with E-state index in [0.717, 1.165) is 0 Å². The Bertz CT molecular complexity index is 383. The van der Waals surface area contributed by atoms with Crippen molar-refractivity contribution in [3.63, 3.8) is 0 Å². The van der Waals surface area contributed by atoms with Gasteiger partial charge in [0.25, 0.3) is 0 Å². The standard InChI is InChI=1S/2C6H10O2.C2H2O4/c2*1-4-8-6(7)5(2)3;3-1(4)2(5)6/h2*2,4H2,1,3H3;(H,3,4)(H,5,6). The molecule has 0 heterocycles. The monoisotopic (exact) mass is 318 g/mol. The van der Waals surface area contributed by atoms with E-state index in [2.05, 4.69) is 22.6 Å². The molecule has 0 aliphatic rings. The summed E-state index contributed by atoms with van der Waals surface area (Å²) in [5.74, 6) is -4.27. The summed E-state index contributed by atoms with van der Waals surface area (Å²) in [6.07, 6.45) is 0. The minimum Gasteiger partial charge on any atom is -0.473 e. The fourth-order valence-electron chi connectivity index (χ4n) is 0.509. The molecule has 0 aromatic carbocycles. The lowest BCUT2D eigenvalue weighted by Gasteiger charge is -1.96. The van der Waals surface area contributed by atoms with Gasteiger partial charge in [-0.25, -0.2) is 19.2 Å². The van der Waals surface area contributed by atoms with Crippen LogP contribution in [-0.4, -0.2) is 47.3 Å². The number of rotatable bonds is 4. The number of carboxylic acids is 2. The van der Waals surface area contributed by atoms with Crippen LogP contribution in [0.3, 0.4) is 0 Å². The molecule has 0 aliphatic carbocycles. The van der Waals surface area contributed by atoms with Crippen molar-refractivity contribution in [1.82, 2.24) is 0 Å². The molecule has 0 amide bonds. The minimum atomic E-state index is -1.82. The highest BCUT2D eigenvalue weighted by atomic mass is 16.5. The summed E-state index contributed by atoms with van der Waals surface area (Å²) in [6.45, 7) is 14.4. The van der Waals surface area contributed by atoms with Gasteiger partial charge in [-0.3, -0.25) is 0 Å². The maximum atomic E-state index is 10.4. The maximum Gasteiger partial charge on any atom is 0.414 e. The molecule has 0 aromatic rings. The third-order valence-electron chi connectivity index (χ3n) is 1.43. The number of carbonyl (C=O) groups excluding carboxylic acids is 2. The first-order chi connectivity index (χ1) is 10.0. The number of esters is 2. The summed E-state index contributed by atoms with van der Waals surface area (Å²) in [5.41, 5.74) is 0.902. The van der Waals surface area contributed by atoms with Crippen LogP contribution in [0.5, 0.6) is 0 Å². The number of aliphatic carboxylic acids is 2. The molecule has 0 spiro atoms. The Morgan fingerprint density at radius 2 is 1.00 bits per heavy atom. The van der Waals surface area contributed by atoms with E-state index >= 15 is 0 Å². The molecule has 0 saturated heterocycles. The van der Waals surface area contributed by atoms with Crippen LogP contribution in [0.15, 0.2) is 24.3 Å². The molecule has 8 nitrogen and oxygen atoms in total. The van der Waals surface area contributed by atoms with Gasteiger partial charge in [0.15, 0.2) is 0 Å². The van der Waals surface area contributed by atoms with Crippen molar-refractivity contribution < 1.29 is 38.9 Å². The van der Waals surface area contributed by atoms with Crippen LogP contribution in [0.1, 0.15) is 27.7 Å². The quantitative estimate of drug-likeness (QED) is 0.452. The van der Waals surface area contributed by atoms with Gasteiger partial charge in [-0.05, 0) is 27.7 Å². The zero-order valence-electron chi connectivity index (χ0n) is 13.2. The molecule has 0 unspecified atom stereocenters. The van der Waals surface area contributed by atoms with E-state index in [0.29, 0.717) is 24.4 Å². The van der Waals surface area contributed by atoms with Crippen LogP contribution in [0.25, 0.3) is 0 Å². The summed E-state index contributed by atoms with van der Waals surface area (Å²) >= 11 is 0. The number of hydrogen-bond donors (Lipinski definition) is 2. The molecule has 8 heteroatoms. The van der Waals surface area contributed by atoms with Gasteiger partial charge in [-0.2, -0.15) is 0 Å². The summed E-state index contributed by atoms with van der Waals surface area (Å²) in [5, 5.41) is 14.8. The van der Waals surface area contributed by atoms with Gasteiger partial charge < -0.3 is 19.7 Å². The average Bonchev–Trinajstić information content (AvgIpc) is 2.40. The number of ether oxygens (including phenoxy) is 2. The zero-order valence-corrected chi connectivity index (χ0v) is 13.2. The van der Waals surface area contributed by atoms with Crippen molar-refractivity contribution in [2.45, 2.75) is 27.7 Å².